The predicted octanol–water partition coefficient (Wildman–Crippen LogP) is 1.52. The van der Waals surface area contributed by atoms with Crippen molar-refractivity contribution >= 4 is 17.3 Å². The lowest BCUT2D eigenvalue weighted by Gasteiger charge is -2.09. The number of hydrogen-bond donors (Lipinski definition) is 2. The van der Waals surface area contributed by atoms with Crippen LogP contribution in [0.2, 0.25) is 0 Å². The van der Waals surface area contributed by atoms with Gasteiger partial charge in [-0.2, -0.15) is 0 Å². The van der Waals surface area contributed by atoms with E-state index in [0.717, 1.165) is 13.0 Å². The van der Waals surface area contributed by atoms with Gasteiger partial charge < -0.3 is 15.2 Å². The molecule has 2 heterocycles. The van der Waals surface area contributed by atoms with E-state index in [9.17, 15) is 10.1 Å². The molecule has 0 spiro atoms. The van der Waals surface area contributed by atoms with Gasteiger partial charge in [-0.05, 0) is 13.3 Å². The van der Waals surface area contributed by atoms with E-state index in [-0.39, 0.29) is 17.3 Å². The number of rotatable bonds is 8. The van der Waals surface area contributed by atoms with Gasteiger partial charge in [0, 0.05) is 32.0 Å². The number of nitro groups is 1. The molecule has 0 fully saturated rings. The molecule has 9 heteroatoms. The minimum Gasteiger partial charge on any atom is -0.364 e. The lowest BCUT2D eigenvalue weighted by atomic mass is 10.3. The molecule has 2 rings (SSSR count). The molecular weight excluding hydrogens is 274 g/mol. The molecule has 0 atom stereocenters. The monoisotopic (exact) mass is 291 g/mol. The van der Waals surface area contributed by atoms with Crippen LogP contribution >= 0.6 is 0 Å². The van der Waals surface area contributed by atoms with Crippen LogP contribution in [0.15, 0.2) is 25.0 Å². The molecule has 2 aromatic rings. The summed E-state index contributed by atoms with van der Waals surface area (Å²) in [7, 11) is 0. The van der Waals surface area contributed by atoms with Gasteiger partial charge in [-0.1, -0.05) is 0 Å². The normalized spacial score (nSPS) is 10.3. The van der Waals surface area contributed by atoms with Crippen molar-refractivity contribution in [3.63, 3.8) is 0 Å². The molecule has 2 N–H and O–H groups in total. The fourth-order valence-corrected chi connectivity index (χ4v) is 1.87. The van der Waals surface area contributed by atoms with Crippen LogP contribution in [0.1, 0.15) is 13.3 Å². The van der Waals surface area contributed by atoms with Crippen LogP contribution in [-0.4, -0.2) is 37.5 Å². The van der Waals surface area contributed by atoms with Crippen molar-refractivity contribution in [2.24, 2.45) is 0 Å². The van der Waals surface area contributed by atoms with Crippen LogP contribution in [0.5, 0.6) is 0 Å². The molecule has 0 saturated carbocycles. The Hall–Kier alpha value is -2.71. The summed E-state index contributed by atoms with van der Waals surface area (Å²) in [6.45, 7) is 3.76. The molecule has 0 saturated heterocycles. The van der Waals surface area contributed by atoms with Crippen molar-refractivity contribution in [3.8, 4) is 0 Å². The number of nitrogens with zero attached hydrogens (tertiary/aromatic N) is 5. The molecule has 0 aliphatic carbocycles. The third kappa shape index (κ3) is 3.88. The fraction of sp³-hybridized carbons (Fsp3) is 0.417. The minimum absolute atomic E-state index is 0.123. The van der Waals surface area contributed by atoms with Crippen LogP contribution in [0.3, 0.4) is 0 Å². The molecule has 112 valence electrons. The zero-order valence-electron chi connectivity index (χ0n) is 11.7. The number of nitrogens with one attached hydrogen (secondary N) is 2. The van der Waals surface area contributed by atoms with E-state index in [0.29, 0.717) is 13.1 Å². The van der Waals surface area contributed by atoms with Crippen molar-refractivity contribution in [1.29, 1.82) is 0 Å². The Morgan fingerprint density at radius 3 is 2.71 bits per heavy atom. The van der Waals surface area contributed by atoms with E-state index in [1.54, 1.807) is 12.5 Å². The SMILES string of the molecule is CCNc1ncnc(NCCCn2ccnc2)c1[N+](=O)[O-]. The number of anilines is 2. The zero-order chi connectivity index (χ0) is 15.1. The first-order valence-corrected chi connectivity index (χ1v) is 6.65. The summed E-state index contributed by atoms with van der Waals surface area (Å²) in [5.74, 6) is 0.464. The first-order valence-electron chi connectivity index (χ1n) is 6.65. The molecule has 0 amide bonds. The maximum absolute atomic E-state index is 11.2. The lowest BCUT2D eigenvalue weighted by molar-refractivity contribution is -0.383. The molecule has 2 aromatic heterocycles. The molecule has 0 aromatic carbocycles. The van der Waals surface area contributed by atoms with E-state index in [4.69, 9.17) is 0 Å². The van der Waals surface area contributed by atoms with Gasteiger partial charge in [0.05, 0.1) is 11.3 Å². The van der Waals surface area contributed by atoms with Crippen molar-refractivity contribution in [2.45, 2.75) is 19.9 Å². The van der Waals surface area contributed by atoms with E-state index >= 15 is 0 Å². The maximum Gasteiger partial charge on any atom is 0.353 e. The molecular formula is C12H17N7O2. The van der Waals surface area contributed by atoms with E-state index in [1.165, 1.54) is 6.33 Å². The maximum atomic E-state index is 11.2. The summed E-state index contributed by atoms with van der Waals surface area (Å²) in [5, 5.41) is 17.0. The highest BCUT2D eigenvalue weighted by Crippen LogP contribution is 2.28. The van der Waals surface area contributed by atoms with Gasteiger partial charge in [-0.15, -0.1) is 0 Å². The molecule has 9 nitrogen and oxygen atoms in total. The van der Waals surface area contributed by atoms with E-state index in [2.05, 4.69) is 25.6 Å². The van der Waals surface area contributed by atoms with Crippen LogP contribution in [0.25, 0.3) is 0 Å². The summed E-state index contributed by atoms with van der Waals surface area (Å²) in [5.41, 5.74) is -0.123. The second kappa shape index (κ2) is 7.17. The quantitative estimate of drug-likeness (QED) is 0.431. The summed E-state index contributed by atoms with van der Waals surface area (Å²) >= 11 is 0. The number of hydrogen-bond acceptors (Lipinski definition) is 7. The molecule has 0 aliphatic heterocycles. The van der Waals surface area contributed by atoms with E-state index < -0.39 is 4.92 Å². The number of imidazole rings is 1. The first kappa shape index (κ1) is 14.7. The average molecular weight is 291 g/mol. The highest BCUT2D eigenvalue weighted by molar-refractivity contribution is 5.69. The van der Waals surface area contributed by atoms with Crippen molar-refractivity contribution < 1.29 is 4.92 Å². The summed E-state index contributed by atoms with van der Waals surface area (Å²) in [4.78, 5) is 22.5. The Kier molecular flexibility index (Phi) is 5.02. The van der Waals surface area contributed by atoms with Gasteiger partial charge in [0.25, 0.3) is 0 Å². The zero-order valence-corrected chi connectivity index (χ0v) is 11.7. The van der Waals surface area contributed by atoms with Crippen molar-refractivity contribution in [3.05, 3.63) is 35.2 Å². The van der Waals surface area contributed by atoms with Gasteiger partial charge in [0.2, 0.25) is 11.6 Å². The summed E-state index contributed by atoms with van der Waals surface area (Å²) in [6, 6.07) is 0. The average Bonchev–Trinajstić information content (AvgIpc) is 2.97. The van der Waals surface area contributed by atoms with Gasteiger partial charge in [-0.25, -0.2) is 15.0 Å². The predicted molar refractivity (Wildman–Crippen MR) is 78.2 cm³/mol. The Morgan fingerprint density at radius 2 is 2.10 bits per heavy atom. The van der Waals surface area contributed by atoms with Crippen LogP contribution in [-0.2, 0) is 6.54 Å². The Morgan fingerprint density at radius 1 is 1.33 bits per heavy atom. The standard InChI is InChI=1S/C12H17N7O2/c1-2-14-11-10(19(20)21)12(17-8-16-11)15-4-3-6-18-7-5-13-9-18/h5,7-9H,2-4,6H2,1H3,(H2,14,15,16,17). The Balaban J connectivity index is 1.98. The Labute approximate surface area is 121 Å². The van der Waals surface area contributed by atoms with Crippen molar-refractivity contribution in [1.82, 2.24) is 19.5 Å². The minimum atomic E-state index is -0.476. The molecule has 0 aliphatic rings. The van der Waals surface area contributed by atoms with Gasteiger partial charge in [0.15, 0.2) is 0 Å². The second-order valence-electron chi connectivity index (χ2n) is 4.29. The second-order valence-corrected chi connectivity index (χ2v) is 4.29. The molecule has 0 radical (unpaired) electrons. The molecule has 21 heavy (non-hydrogen) atoms. The summed E-state index contributed by atoms with van der Waals surface area (Å²) < 4.78 is 1.94. The number of aryl methyl sites for hydroxylation is 1. The van der Waals surface area contributed by atoms with Crippen LogP contribution in [0.4, 0.5) is 17.3 Å². The fourth-order valence-electron chi connectivity index (χ4n) is 1.87. The molecule has 0 bridgehead atoms. The van der Waals surface area contributed by atoms with Crippen molar-refractivity contribution in [2.75, 3.05) is 23.7 Å². The van der Waals surface area contributed by atoms with E-state index in [1.807, 2.05) is 17.7 Å². The smallest absolute Gasteiger partial charge is 0.353 e. The Bertz CT molecular complexity index is 585. The highest BCUT2D eigenvalue weighted by Gasteiger charge is 2.21. The first-order chi connectivity index (χ1) is 10.2. The third-order valence-electron chi connectivity index (χ3n) is 2.79. The van der Waals surface area contributed by atoms with Crippen LogP contribution in [0, 0.1) is 10.1 Å². The topological polar surface area (TPSA) is 111 Å². The third-order valence-corrected chi connectivity index (χ3v) is 2.79. The lowest BCUT2D eigenvalue weighted by Crippen LogP contribution is -2.11. The number of aromatic nitrogens is 4. The summed E-state index contributed by atoms with van der Waals surface area (Å²) in [6.07, 6.45) is 7.43. The van der Waals surface area contributed by atoms with Gasteiger partial charge >= 0.3 is 5.69 Å². The van der Waals surface area contributed by atoms with Gasteiger partial charge in [0.1, 0.15) is 6.33 Å². The highest BCUT2D eigenvalue weighted by atomic mass is 16.6. The van der Waals surface area contributed by atoms with Gasteiger partial charge in [-0.3, -0.25) is 10.1 Å². The van der Waals surface area contributed by atoms with Crippen LogP contribution < -0.4 is 10.6 Å². The largest absolute Gasteiger partial charge is 0.364 e. The molecule has 0 unspecified atom stereocenters.